The Morgan fingerprint density at radius 1 is 1.32 bits per heavy atom. The fourth-order valence-corrected chi connectivity index (χ4v) is 3.43. The van der Waals surface area contributed by atoms with Gasteiger partial charge in [0.25, 0.3) is 5.91 Å². The fourth-order valence-electron chi connectivity index (χ4n) is 3.43. The summed E-state index contributed by atoms with van der Waals surface area (Å²) < 4.78 is 4.91. The van der Waals surface area contributed by atoms with Crippen molar-refractivity contribution in [2.75, 3.05) is 39.9 Å². The van der Waals surface area contributed by atoms with Crippen LogP contribution in [0.25, 0.3) is 0 Å². The molecule has 0 bridgehead atoms. The molecule has 1 spiro atoms. The Morgan fingerprint density at radius 2 is 2.08 bits per heavy atom. The molecule has 0 radical (unpaired) electrons. The number of imide groups is 1. The molecule has 1 heterocycles. The molecule has 2 aliphatic rings. The van der Waals surface area contributed by atoms with Gasteiger partial charge in [-0.15, -0.1) is 12.4 Å². The van der Waals surface area contributed by atoms with Gasteiger partial charge in [0.1, 0.15) is 12.1 Å². The molecule has 1 saturated carbocycles. The third kappa shape index (κ3) is 5.05. The summed E-state index contributed by atoms with van der Waals surface area (Å²) in [5.41, 5.74) is -0.808. The number of carbonyl (C=O) groups is 3. The van der Waals surface area contributed by atoms with Gasteiger partial charge in [-0.2, -0.15) is 0 Å². The maximum Gasteiger partial charge on any atom is 0.325 e. The number of hydrogen-bond donors (Lipinski definition) is 3. The van der Waals surface area contributed by atoms with Gasteiger partial charge < -0.3 is 20.7 Å². The molecule has 25 heavy (non-hydrogen) atoms. The highest BCUT2D eigenvalue weighted by Gasteiger charge is 2.55. The third-order valence-electron chi connectivity index (χ3n) is 4.91. The number of hydrogen-bond acceptors (Lipinski definition) is 5. The Hall–Kier alpha value is -1.38. The number of rotatable bonds is 8. The number of nitrogens with one attached hydrogen (secondary N) is 3. The number of urea groups is 1. The minimum atomic E-state index is -0.808. The minimum absolute atomic E-state index is 0. The van der Waals surface area contributed by atoms with Crippen LogP contribution in [0.4, 0.5) is 4.79 Å². The summed E-state index contributed by atoms with van der Waals surface area (Å²) in [7, 11) is 1.63. The second-order valence-corrected chi connectivity index (χ2v) is 6.53. The summed E-state index contributed by atoms with van der Waals surface area (Å²) in [6, 6.07) is -0.456. The quantitative estimate of drug-likeness (QED) is 0.417. The number of halogens is 1. The summed E-state index contributed by atoms with van der Waals surface area (Å²) in [6.45, 7) is 4.13. The van der Waals surface area contributed by atoms with Gasteiger partial charge in [-0.25, -0.2) is 4.79 Å². The van der Waals surface area contributed by atoms with Gasteiger partial charge in [0.15, 0.2) is 0 Å². The number of nitrogens with zero attached hydrogens (tertiary/aromatic N) is 1. The van der Waals surface area contributed by atoms with Gasteiger partial charge in [0.05, 0.1) is 6.61 Å². The van der Waals surface area contributed by atoms with E-state index in [2.05, 4.69) is 16.0 Å². The zero-order valence-electron chi connectivity index (χ0n) is 14.9. The van der Waals surface area contributed by atoms with E-state index >= 15 is 0 Å². The lowest BCUT2D eigenvalue weighted by Crippen LogP contribution is -2.54. The maximum absolute atomic E-state index is 12.7. The van der Waals surface area contributed by atoms with Crippen LogP contribution in [0, 0.1) is 5.92 Å². The number of carbonyl (C=O) groups excluding carboxylic acids is 3. The van der Waals surface area contributed by atoms with Crippen LogP contribution in [-0.4, -0.2) is 68.2 Å². The van der Waals surface area contributed by atoms with Crippen LogP contribution in [0.15, 0.2) is 0 Å². The Kier molecular flexibility index (Phi) is 8.61. The number of ether oxygens (including phenoxy) is 1. The highest BCUT2D eigenvalue weighted by Crippen LogP contribution is 2.37. The first-order chi connectivity index (χ1) is 11.5. The first-order valence-electron chi connectivity index (χ1n) is 8.61. The van der Waals surface area contributed by atoms with Crippen LogP contribution in [-0.2, 0) is 14.3 Å². The highest BCUT2D eigenvalue weighted by atomic mass is 35.5. The summed E-state index contributed by atoms with van der Waals surface area (Å²) in [5.74, 6) is -0.485. The van der Waals surface area contributed by atoms with Crippen LogP contribution in [0.3, 0.4) is 0 Å². The molecule has 0 aromatic rings. The largest absolute Gasteiger partial charge is 0.383 e. The average Bonchev–Trinajstić information content (AvgIpc) is 2.79. The lowest BCUT2D eigenvalue weighted by Gasteiger charge is -2.36. The summed E-state index contributed by atoms with van der Waals surface area (Å²) in [6.07, 6.45) is 3.56. The van der Waals surface area contributed by atoms with Crippen molar-refractivity contribution in [2.45, 2.75) is 38.1 Å². The van der Waals surface area contributed by atoms with Crippen LogP contribution < -0.4 is 16.0 Å². The van der Waals surface area contributed by atoms with E-state index in [1.165, 1.54) is 0 Å². The molecule has 1 aliphatic heterocycles. The second-order valence-electron chi connectivity index (χ2n) is 6.53. The molecule has 2 unspecified atom stereocenters. The summed E-state index contributed by atoms with van der Waals surface area (Å²) >= 11 is 0. The van der Waals surface area contributed by atoms with E-state index in [-0.39, 0.29) is 36.7 Å². The van der Waals surface area contributed by atoms with Gasteiger partial charge in [-0.05, 0) is 18.8 Å². The molecule has 3 N–H and O–H groups in total. The maximum atomic E-state index is 12.7. The molecule has 1 aliphatic carbocycles. The molecule has 2 rings (SSSR count). The van der Waals surface area contributed by atoms with Gasteiger partial charge in [-0.3, -0.25) is 14.5 Å². The molecule has 4 amide bonds. The van der Waals surface area contributed by atoms with E-state index in [4.69, 9.17) is 4.74 Å². The van der Waals surface area contributed by atoms with Gasteiger partial charge in [0, 0.05) is 26.7 Å². The van der Waals surface area contributed by atoms with Gasteiger partial charge in [-0.1, -0.05) is 19.8 Å². The van der Waals surface area contributed by atoms with Crippen LogP contribution >= 0.6 is 12.4 Å². The first-order valence-corrected chi connectivity index (χ1v) is 8.61. The Morgan fingerprint density at radius 3 is 2.76 bits per heavy atom. The normalized spacial score (nSPS) is 25.7. The zero-order valence-corrected chi connectivity index (χ0v) is 15.7. The standard InChI is InChI=1S/C16H28N4O4.ClH/c1-12-5-3-4-6-16(12)14(22)20(15(23)19-16)11-13(21)18-8-7-17-9-10-24-2;/h12,17H,3-11H2,1-2H3,(H,18,21)(H,19,23);1H. The molecule has 1 saturated heterocycles. The van der Waals surface area contributed by atoms with Crippen LogP contribution in [0.2, 0.25) is 0 Å². The number of methoxy groups -OCH3 is 1. The summed E-state index contributed by atoms with van der Waals surface area (Å²) in [4.78, 5) is 37.9. The molecule has 2 atom stereocenters. The van der Waals surface area contributed by atoms with E-state index in [0.29, 0.717) is 32.7 Å². The molecule has 0 aromatic carbocycles. The Labute approximate surface area is 154 Å². The van der Waals surface area contributed by atoms with Crippen molar-refractivity contribution in [3.63, 3.8) is 0 Å². The van der Waals surface area contributed by atoms with Crippen LogP contribution in [0.1, 0.15) is 32.6 Å². The van der Waals surface area contributed by atoms with Crippen molar-refractivity contribution >= 4 is 30.3 Å². The van der Waals surface area contributed by atoms with Crippen molar-refractivity contribution in [2.24, 2.45) is 5.92 Å². The van der Waals surface area contributed by atoms with E-state index in [9.17, 15) is 14.4 Å². The molecule has 144 valence electrons. The van der Waals surface area contributed by atoms with Crippen molar-refractivity contribution in [1.29, 1.82) is 0 Å². The molecule has 2 fully saturated rings. The first kappa shape index (κ1) is 21.7. The molecular weight excluding hydrogens is 348 g/mol. The minimum Gasteiger partial charge on any atom is -0.383 e. The zero-order chi connectivity index (χ0) is 17.6. The molecule has 8 nitrogen and oxygen atoms in total. The van der Waals surface area contributed by atoms with Gasteiger partial charge >= 0.3 is 6.03 Å². The van der Waals surface area contributed by atoms with E-state index in [1.54, 1.807) is 7.11 Å². The van der Waals surface area contributed by atoms with Crippen molar-refractivity contribution < 1.29 is 19.1 Å². The van der Waals surface area contributed by atoms with E-state index < -0.39 is 11.6 Å². The second kappa shape index (κ2) is 9.94. The predicted molar refractivity (Wildman–Crippen MR) is 95.6 cm³/mol. The van der Waals surface area contributed by atoms with Crippen molar-refractivity contribution in [1.82, 2.24) is 20.9 Å². The predicted octanol–water partition coefficient (Wildman–Crippen LogP) is 0.261. The monoisotopic (exact) mass is 376 g/mol. The number of amides is 4. The van der Waals surface area contributed by atoms with E-state index in [1.807, 2.05) is 6.92 Å². The fraction of sp³-hybridized carbons (Fsp3) is 0.812. The molecular formula is C16H29ClN4O4. The summed E-state index contributed by atoms with van der Waals surface area (Å²) in [5, 5.41) is 8.67. The Balaban J connectivity index is 0.00000312. The van der Waals surface area contributed by atoms with E-state index in [0.717, 1.165) is 24.2 Å². The smallest absolute Gasteiger partial charge is 0.325 e. The average molecular weight is 377 g/mol. The highest BCUT2D eigenvalue weighted by molar-refractivity contribution is 6.09. The Bertz CT molecular complexity index is 491. The van der Waals surface area contributed by atoms with Crippen molar-refractivity contribution in [3.8, 4) is 0 Å². The van der Waals surface area contributed by atoms with Gasteiger partial charge in [0.2, 0.25) is 5.91 Å². The molecule has 9 heteroatoms. The lowest BCUT2D eigenvalue weighted by atomic mass is 9.73. The van der Waals surface area contributed by atoms with Crippen LogP contribution in [0.5, 0.6) is 0 Å². The third-order valence-corrected chi connectivity index (χ3v) is 4.91. The SMILES string of the molecule is COCCNCCNC(=O)CN1C(=O)NC2(CCCCC2C)C1=O.Cl. The topological polar surface area (TPSA) is 99.8 Å². The lowest BCUT2D eigenvalue weighted by molar-refractivity contribution is -0.137. The molecule has 0 aromatic heterocycles. The van der Waals surface area contributed by atoms with Crippen molar-refractivity contribution in [3.05, 3.63) is 0 Å².